The first kappa shape index (κ1) is 19.3. The number of aromatic nitrogens is 2. The summed E-state index contributed by atoms with van der Waals surface area (Å²) in [7, 11) is 1.77. The first-order valence-electron chi connectivity index (χ1n) is 9.36. The van der Waals surface area contributed by atoms with Gasteiger partial charge in [0.05, 0.1) is 23.4 Å². The van der Waals surface area contributed by atoms with E-state index in [-0.39, 0.29) is 29.5 Å². The SMILES string of the molecule is Cn1cc(N2CCN(c3ccc(C(=O)c4ccccc4)cc3[N+](=O)[O-])CC2=O)cn1. The van der Waals surface area contributed by atoms with E-state index < -0.39 is 4.92 Å². The molecule has 1 aliphatic heterocycles. The first-order valence-corrected chi connectivity index (χ1v) is 9.36. The van der Waals surface area contributed by atoms with Crippen LogP contribution in [0.4, 0.5) is 17.1 Å². The maximum Gasteiger partial charge on any atom is 0.293 e. The van der Waals surface area contributed by atoms with Crippen molar-refractivity contribution in [2.45, 2.75) is 0 Å². The summed E-state index contributed by atoms with van der Waals surface area (Å²) in [5.41, 5.74) is 1.51. The number of hydrogen-bond acceptors (Lipinski definition) is 6. The van der Waals surface area contributed by atoms with Gasteiger partial charge in [-0.2, -0.15) is 5.10 Å². The van der Waals surface area contributed by atoms with Crippen LogP contribution in [0.3, 0.4) is 0 Å². The standard InChI is InChI=1S/C21H19N5O4/c1-23-13-17(12-22-23)25-10-9-24(14-20(25)27)18-8-7-16(11-19(18)26(29)30)21(28)15-5-3-2-4-6-15/h2-8,11-13H,9-10,14H2,1H3. The maximum atomic E-state index is 12.7. The Hall–Kier alpha value is -4.01. The summed E-state index contributed by atoms with van der Waals surface area (Å²) in [6.07, 6.45) is 3.36. The van der Waals surface area contributed by atoms with E-state index in [0.29, 0.717) is 30.0 Å². The van der Waals surface area contributed by atoms with Crippen molar-refractivity contribution in [1.29, 1.82) is 0 Å². The lowest BCUT2D eigenvalue weighted by Crippen LogP contribution is -2.50. The van der Waals surface area contributed by atoms with Crippen molar-refractivity contribution in [3.05, 3.63) is 82.2 Å². The molecule has 1 aromatic heterocycles. The second kappa shape index (κ2) is 7.78. The average molecular weight is 405 g/mol. The molecule has 0 aliphatic carbocycles. The predicted molar refractivity (Wildman–Crippen MR) is 111 cm³/mol. The van der Waals surface area contributed by atoms with Crippen molar-refractivity contribution >= 4 is 28.8 Å². The van der Waals surface area contributed by atoms with Crippen LogP contribution in [0.5, 0.6) is 0 Å². The van der Waals surface area contributed by atoms with E-state index in [4.69, 9.17) is 0 Å². The summed E-state index contributed by atoms with van der Waals surface area (Å²) >= 11 is 0. The van der Waals surface area contributed by atoms with Gasteiger partial charge < -0.3 is 9.80 Å². The zero-order valence-electron chi connectivity index (χ0n) is 16.3. The molecule has 3 aromatic rings. The summed E-state index contributed by atoms with van der Waals surface area (Å²) in [5.74, 6) is -0.462. The van der Waals surface area contributed by atoms with Gasteiger partial charge in [0.2, 0.25) is 5.91 Å². The van der Waals surface area contributed by atoms with Crippen molar-refractivity contribution in [2.24, 2.45) is 7.05 Å². The van der Waals surface area contributed by atoms with E-state index >= 15 is 0 Å². The number of nitrogens with zero attached hydrogens (tertiary/aromatic N) is 5. The molecule has 0 spiro atoms. The Bertz CT molecular complexity index is 1130. The Morgan fingerprint density at radius 3 is 2.50 bits per heavy atom. The smallest absolute Gasteiger partial charge is 0.293 e. The van der Waals surface area contributed by atoms with Gasteiger partial charge in [-0.25, -0.2) is 0 Å². The predicted octanol–water partition coefficient (Wildman–Crippen LogP) is 2.41. The minimum absolute atomic E-state index is 0.00170. The molecule has 1 saturated heterocycles. The maximum absolute atomic E-state index is 12.7. The van der Waals surface area contributed by atoms with Gasteiger partial charge in [-0.15, -0.1) is 0 Å². The lowest BCUT2D eigenvalue weighted by Gasteiger charge is -2.34. The molecule has 0 bridgehead atoms. The fraction of sp³-hybridized carbons (Fsp3) is 0.190. The molecule has 9 nitrogen and oxygen atoms in total. The second-order valence-corrected chi connectivity index (χ2v) is 6.99. The number of piperazine rings is 1. The van der Waals surface area contributed by atoms with Crippen molar-refractivity contribution in [3.8, 4) is 0 Å². The largest absolute Gasteiger partial charge is 0.355 e. The topological polar surface area (TPSA) is 102 Å². The summed E-state index contributed by atoms with van der Waals surface area (Å²) in [6, 6.07) is 13.0. The van der Waals surface area contributed by atoms with E-state index in [2.05, 4.69) is 5.10 Å². The minimum Gasteiger partial charge on any atom is -0.355 e. The third kappa shape index (κ3) is 3.64. The van der Waals surface area contributed by atoms with Crippen LogP contribution in [0.1, 0.15) is 15.9 Å². The number of aryl methyl sites for hydroxylation is 1. The summed E-state index contributed by atoms with van der Waals surface area (Å²) in [5, 5.41) is 15.8. The van der Waals surface area contributed by atoms with Crippen molar-refractivity contribution in [1.82, 2.24) is 9.78 Å². The molecule has 0 N–H and O–H groups in total. The lowest BCUT2D eigenvalue weighted by atomic mass is 10.0. The molecule has 0 radical (unpaired) electrons. The van der Waals surface area contributed by atoms with Gasteiger partial charge in [-0.1, -0.05) is 30.3 Å². The number of nitro groups is 1. The number of carbonyl (C=O) groups is 2. The Morgan fingerprint density at radius 2 is 1.87 bits per heavy atom. The van der Waals surface area contributed by atoms with E-state index in [1.165, 1.54) is 6.07 Å². The van der Waals surface area contributed by atoms with Crippen LogP contribution in [0, 0.1) is 10.1 Å². The number of hydrogen-bond donors (Lipinski definition) is 0. The summed E-state index contributed by atoms with van der Waals surface area (Å²) in [4.78, 5) is 39.8. The minimum atomic E-state index is -0.519. The first-order chi connectivity index (χ1) is 14.4. The molecule has 4 rings (SSSR count). The number of amides is 1. The lowest BCUT2D eigenvalue weighted by molar-refractivity contribution is -0.384. The van der Waals surface area contributed by atoms with Gasteiger partial charge in [-0.3, -0.25) is 24.4 Å². The van der Waals surface area contributed by atoms with Crippen LogP contribution < -0.4 is 9.80 Å². The summed E-state index contributed by atoms with van der Waals surface area (Å²) in [6.45, 7) is 0.807. The number of rotatable bonds is 5. The Kier molecular flexibility index (Phi) is 5.01. The van der Waals surface area contributed by atoms with Gasteiger partial charge in [0.15, 0.2) is 5.78 Å². The van der Waals surface area contributed by atoms with E-state index in [9.17, 15) is 19.7 Å². The van der Waals surface area contributed by atoms with E-state index in [0.717, 1.165) is 0 Å². The summed E-state index contributed by atoms with van der Waals surface area (Å²) < 4.78 is 1.61. The molecule has 2 aromatic carbocycles. The molecule has 1 amide bonds. The van der Waals surface area contributed by atoms with Gasteiger partial charge in [0.1, 0.15) is 5.69 Å². The van der Waals surface area contributed by atoms with E-state index in [1.807, 2.05) is 0 Å². The average Bonchev–Trinajstić information content (AvgIpc) is 3.19. The van der Waals surface area contributed by atoms with Gasteiger partial charge in [0.25, 0.3) is 5.69 Å². The van der Waals surface area contributed by atoms with Crippen LogP contribution in [0.25, 0.3) is 0 Å². The molecule has 1 fully saturated rings. The van der Waals surface area contributed by atoms with Crippen LogP contribution in [0.2, 0.25) is 0 Å². The molecular formula is C21H19N5O4. The number of nitro benzene ring substituents is 1. The molecule has 30 heavy (non-hydrogen) atoms. The monoisotopic (exact) mass is 405 g/mol. The van der Waals surface area contributed by atoms with Gasteiger partial charge >= 0.3 is 0 Å². The normalized spacial score (nSPS) is 14.1. The fourth-order valence-corrected chi connectivity index (χ4v) is 3.53. The highest BCUT2D eigenvalue weighted by Crippen LogP contribution is 2.31. The molecule has 2 heterocycles. The van der Waals surface area contributed by atoms with Crippen molar-refractivity contribution < 1.29 is 14.5 Å². The molecule has 9 heteroatoms. The van der Waals surface area contributed by atoms with Crippen molar-refractivity contribution in [2.75, 3.05) is 29.4 Å². The Labute approximate surface area is 172 Å². The molecule has 0 atom stereocenters. The van der Waals surface area contributed by atoms with Gasteiger partial charge in [0, 0.05) is 43.5 Å². The second-order valence-electron chi connectivity index (χ2n) is 6.99. The molecule has 152 valence electrons. The van der Waals surface area contributed by atoms with E-state index in [1.54, 1.807) is 76.4 Å². The van der Waals surface area contributed by atoms with Crippen LogP contribution >= 0.6 is 0 Å². The zero-order valence-corrected chi connectivity index (χ0v) is 16.3. The molecule has 0 saturated carbocycles. The van der Waals surface area contributed by atoms with Crippen LogP contribution in [-0.2, 0) is 11.8 Å². The Balaban J connectivity index is 1.59. The fourth-order valence-electron chi connectivity index (χ4n) is 3.53. The van der Waals surface area contributed by atoms with Crippen LogP contribution in [-0.4, -0.2) is 46.0 Å². The van der Waals surface area contributed by atoms with Crippen molar-refractivity contribution in [3.63, 3.8) is 0 Å². The Morgan fingerprint density at radius 1 is 1.10 bits per heavy atom. The number of carbonyl (C=O) groups excluding carboxylic acids is 2. The number of benzene rings is 2. The highest BCUT2D eigenvalue weighted by Gasteiger charge is 2.30. The highest BCUT2D eigenvalue weighted by molar-refractivity contribution is 6.09. The molecule has 0 unspecified atom stereocenters. The number of anilines is 2. The van der Waals surface area contributed by atoms with Gasteiger partial charge in [-0.05, 0) is 12.1 Å². The van der Waals surface area contributed by atoms with Crippen LogP contribution in [0.15, 0.2) is 60.9 Å². The highest BCUT2D eigenvalue weighted by atomic mass is 16.6. The quantitative estimate of drug-likeness (QED) is 0.367. The zero-order chi connectivity index (χ0) is 21.3. The number of ketones is 1. The third-order valence-corrected chi connectivity index (χ3v) is 5.03. The molecule has 1 aliphatic rings. The molecular weight excluding hydrogens is 386 g/mol. The third-order valence-electron chi connectivity index (χ3n) is 5.03.